The predicted molar refractivity (Wildman–Crippen MR) is 143 cm³/mol. The molecule has 0 bridgehead atoms. The predicted octanol–water partition coefficient (Wildman–Crippen LogP) is 5.25. The van der Waals surface area contributed by atoms with E-state index in [1.165, 1.54) is 27.9 Å². The molecular formula is C31H48O8. The first-order chi connectivity index (χ1) is 18.3. The molecule has 3 unspecified atom stereocenters. The fourth-order valence-corrected chi connectivity index (χ4v) is 9.81. The van der Waals surface area contributed by atoms with Gasteiger partial charge in [0.05, 0.1) is 7.11 Å². The number of hydrogen-bond donors (Lipinski definition) is 0. The number of hydrogen-bond acceptors (Lipinski definition) is 8. The highest BCUT2D eigenvalue weighted by molar-refractivity contribution is 5.69. The van der Waals surface area contributed by atoms with Crippen LogP contribution in [0.15, 0.2) is 0 Å². The van der Waals surface area contributed by atoms with Crippen molar-refractivity contribution < 1.29 is 38.1 Å². The van der Waals surface area contributed by atoms with Gasteiger partial charge >= 0.3 is 23.9 Å². The van der Waals surface area contributed by atoms with E-state index in [-0.39, 0.29) is 52.6 Å². The van der Waals surface area contributed by atoms with Crippen molar-refractivity contribution in [1.82, 2.24) is 0 Å². The summed E-state index contributed by atoms with van der Waals surface area (Å²) in [6.45, 7) is 11.3. The first-order valence-corrected chi connectivity index (χ1v) is 14.9. The van der Waals surface area contributed by atoms with Crippen LogP contribution in [-0.4, -0.2) is 49.3 Å². The van der Waals surface area contributed by atoms with Gasteiger partial charge in [0.15, 0.2) is 0 Å². The molecule has 4 saturated carbocycles. The second-order valence-electron chi connectivity index (χ2n) is 13.4. The third-order valence-electron chi connectivity index (χ3n) is 11.4. The molecule has 4 rings (SSSR count). The number of ether oxygens (including phenoxy) is 4. The highest BCUT2D eigenvalue weighted by Gasteiger charge is 2.67. The van der Waals surface area contributed by atoms with Gasteiger partial charge in [0.2, 0.25) is 0 Å². The Morgan fingerprint density at radius 3 is 1.97 bits per heavy atom. The molecule has 4 fully saturated rings. The summed E-state index contributed by atoms with van der Waals surface area (Å²) in [5.74, 6) is 0.289. The van der Waals surface area contributed by atoms with Crippen LogP contribution in [0.2, 0.25) is 0 Å². The van der Waals surface area contributed by atoms with Crippen molar-refractivity contribution in [3.63, 3.8) is 0 Å². The molecule has 4 aliphatic rings. The van der Waals surface area contributed by atoms with Gasteiger partial charge in [-0.05, 0) is 85.9 Å². The molecule has 0 aromatic heterocycles. The highest BCUT2D eigenvalue weighted by atomic mass is 16.6. The summed E-state index contributed by atoms with van der Waals surface area (Å²) in [6.07, 6.45) is 6.38. The second-order valence-corrected chi connectivity index (χ2v) is 13.4. The van der Waals surface area contributed by atoms with Crippen LogP contribution in [0.5, 0.6) is 0 Å². The van der Waals surface area contributed by atoms with Crippen molar-refractivity contribution in [3.05, 3.63) is 0 Å². The van der Waals surface area contributed by atoms with Crippen molar-refractivity contribution in [2.24, 2.45) is 46.3 Å². The average molecular weight is 549 g/mol. The molecule has 8 heteroatoms. The fraction of sp³-hybridized carbons (Fsp3) is 0.871. The van der Waals surface area contributed by atoms with Gasteiger partial charge in [-0.25, -0.2) is 0 Å². The zero-order chi connectivity index (χ0) is 28.7. The molecule has 0 aromatic carbocycles. The van der Waals surface area contributed by atoms with E-state index in [1.807, 2.05) is 0 Å². The lowest BCUT2D eigenvalue weighted by atomic mass is 9.43. The Kier molecular flexibility index (Phi) is 8.73. The zero-order valence-electron chi connectivity index (χ0n) is 24.8. The topological polar surface area (TPSA) is 105 Å². The Morgan fingerprint density at radius 1 is 0.769 bits per heavy atom. The Labute approximate surface area is 233 Å². The summed E-state index contributed by atoms with van der Waals surface area (Å²) in [7, 11) is 1.44. The SMILES string of the molecule is COC(=O)CC[C@@H](C)[C@H]1CC[C@H]2[C@@H]3C(OC(C)=O)C(OC(C)=O)[C@@H]4CC(OC(C)=O)CC[C@]4(C)[C@H]3CC[C@]12C. The van der Waals surface area contributed by atoms with E-state index in [4.69, 9.17) is 18.9 Å². The quantitative estimate of drug-likeness (QED) is 0.314. The van der Waals surface area contributed by atoms with Gasteiger partial charge in [-0.1, -0.05) is 20.8 Å². The van der Waals surface area contributed by atoms with Crippen LogP contribution in [0.3, 0.4) is 0 Å². The number of methoxy groups -OCH3 is 1. The summed E-state index contributed by atoms with van der Waals surface area (Å²) in [4.78, 5) is 48.6. The normalized spacial score (nSPS) is 41.7. The van der Waals surface area contributed by atoms with Gasteiger partial charge in [0, 0.05) is 39.0 Å². The van der Waals surface area contributed by atoms with E-state index in [0.29, 0.717) is 36.5 Å². The fourth-order valence-electron chi connectivity index (χ4n) is 9.81. The van der Waals surface area contributed by atoms with Crippen LogP contribution in [0, 0.1) is 46.3 Å². The molecule has 220 valence electrons. The first-order valence-electron chi connectivity index (χ1n) is 14.9. The third-order valence-corrected chi connectivity index (χ3v) is 11.4. The Balaban J connectivity index is 1.69. The molecule has 0 heterocycles. The minimum absolute atomic E-state index is 0.0496. The molecule has 0 aliphatic heterocycles. The molecular weight excluding hydrogens is 500 g/mol. The minimum Gasteiger partial charge on any atom is -0.469 e. The maximum Gasteiger partial charge on any atom is 0.305 e. The zero-order valence-corrected chi connectivity index (χ0v) is 24.8. The van der Waals surface area contributed by atoms with Gasteiger partial charge in [-0.3, -0.25) is 19.2 Å². The largest absolute Gasteiger partial charge is 0.469 e. The molecule has 4 aliphatic carbocycles. The van der Waals surface area contributed by atoms with E-state index < -0.39 is 12.2 Å². The molecule has 0 saturated heterocycles. The second kappa shape index (κ2) is 11.4. The van der Waals surface area contributed by atoms with E-state index in [0.717, 1.165) is 44.9 Å². The molecule has 0 amide bonds. The molecule has 0 N–H and O–H groups in total. The standard InChI is InChI=1S/C31H48O8/c1-17(8-11-26(35)36-7)22-9-10-23-27-24(13-15-30(22,23)5)31(6)14-12-21(37-18(2)32)16-25(31)28(38-19(3)33)29(27)39-20(4)34/h17,21-25,27-29H,8-16H2,1-7H3/t17-,21?,22-,23+,24+,25+,27+,28?,29?,30-,31-/m1/s1. The van der Waals surface area contributed by atoms with Gasteiger partial charge < -0.3 is 18.9 Å². The Morgan fingerprint density at radius 2 is 1.36 bits per heavy atom. The number of esters is 4. The van der Waals surface area contributed by atoms with E-state index >= 15 is 0 Å². The van der Waals surface area contributed by atoms with Crippen molar-refractivity contribution in [1.29, 1.82) is 0 Å². The van der Waals surface area contributed by atoms with E-state index in [1.54, 1.807) is 0 Å². The van der Waals surface area contributed by atoms with Gasteiger partial charge in [0.25, 0.3) is 0 Å². The molecule has 0 radical (unpaired) electrons. The monoisotopic (exact) mass is 548 g/mol. The Hall–Kier alpha value is -2.12. The summed E-state index contributed by atoms with van der Waals surface area (Å²) in [6, 6.07) is 0. The van der Waals surface area contributed by atoms with Crippen molar-refractivity contribution in [3.8, 4) is 0 Å². The van der Waals surface area contributed by atoms with Gasteiger partial charge in [0.1, 0.15) is 18.3 Å². The van der Waals surface area contributed by atoms with Crippen molar-refractivity contribution >= 4 is 23.9 Å². The number of fused-ring (bicyclic) bond motifs is 5. The summed E-state index contributed by atoms with van der Waals surface area (Å²) in [5, 5.41) is 0. The average Bonchev–Trinajstić information content (AvgIpc) is 3.21. The number of rotatable bonds is 7. The third kappa shape index (κ3) is 5.58. The van der Waals surface area contributed by atoms with Crippen molar-refractivity contribution in [2.45, 2.75) is 118 Å². The number of carbonyl (C=O) groups excluding carboxylic acids is 4. The van der Waals surface area contributed by atoms with Crippen LogP contribution >= 0.6 is 0 Å². The number of carbonyl (C=O) groups is 4. The lowest BCUT2D eigenvalue weighted by Gasteiger charge is -2.64. The van der Waals surface area contributed by atoms with E-state index in [2.05, 4.69) is 20.8 Å². The highest BCUT2D eigenvalue weighted by Crippen LogP contribution is 2.69. The maximum absolute atomic E-state index is 12.5. The molecule has 11 atom stereocenters. The maximum atomic E-state index is 12.5. The molecule has 0 aromatic rings. The lowest BCUT2D eigenvalue weighted by Crippen LogP contribution is -2.65. The van der Waals surface area contributed by atoms with E-state index in [9.17, 15) is 19.2 Å². The molecule has 0 spiro atoms. The van der Waals surface area contributed by atoms with Crippen LogP contribution in [0.25, 0.3) is 0 Å². The molecule has 39 heavy (non-hydrogen) atoms. The minimum atomic E-state index is -0.575. The first kappa shape index (κ1) is 29.9. The van der Waals surface area contributed by atoms with Crippen LogP contribution < -0.4 is 0 Å². The van der Waals surface area contributed by atoms with Crippen LogP contribution in [0.4, 0.5) is 0 Å². The summed E-state index contributed by atoms with van der Waals surface area (Å²) < 4.78 is 22.7. The summed E-state index contributed by atoms with van der Waals surface area (Å²) >= 11 is 0. The van der Waals surface area contributed by atoms with Crippen LogP contribution in [-0.2, 0) is 38.1 Å². The van der Waals surface area contributed by atoms with Gasteiger partial charge in [-0.15, -0.1) is 0 Å². The lowest BCUT2D eigenvalue weighted by molar-refractivity contribution is -0.242. The van der Waals surface area contributed by atoms with Crippen LogP contribution in [0.1, 0.15) is 99.3 Å². The Bertz CT molecular complexity index is 962. The molecule has 8 nitrogen and oxygen atoms in total. The van der Waals surface area contributed by atoms with Gasteiger partial charge in [-0.2, -0.15) is 0 Å². The smallest absolute Gasteiger partial charge is 0.305 e. The summed E-state index contributed by atoms with van der Waals surface area (Å²) in [5.41, 5.74) is -0.0674. The van der Waals surface area contributed by atoms with Crippen molar-refractivity contribution in [2.75, 3.05) is 7.11 Å².